The molecule has 134 valence electrons. The lowest BCUT2D eigenvalue weighted by Gasteiger charge is -2.33. The van der Waals surface area contributed by atoms with Crippen molar-refractivity contribution >= 4 is 22.5 Å². The average Bonchev–Trinajstić information content (AvgIpc) is 2.68. The number of hydrogen-bond acceptors (Lipinski definition) is 3. The van der Waals surface area contributed by atoms with Gasteiger partial charge in [0.05, 0.1) is 17.6 Å². The van der Waals surface area contributed by atoms with Gasteiger partial charge in [-0.25, -0.2) is 0 Å². The van der Waals surface area contributed by atoms with Crippen LogP contribution in [-0.4, -0.2) is 48.3 Å². The molecule has 26 heavy (non-hydrogen) atoms. The molecule has 0 saturated carbocycles. The highest BCUT2D eigenvalue weighted by Crippen LogP contribution is 2.36. The SMILES string of the molecule is C[NH+]1CC[NH+]([C@H](c2ccccn2)c2cc(Cl)c3cccnc3c2O)CC1. The van der Waals surface area contributed by atoms with Crippen LogP contribution >= 0.6 is 11.6 Å². The van der Waals surface area contributed by atoms with Crippen LogP contribution in [-0.2, 0) is 0 Å². The second kappa shape index (κ2) is 7.19. The van der Waals surface area contributed by atoms with Gasteiger partial charge in [-0.05, 0) is 30.3 Å². The molecule has 0 bridgehead atoms. The lowest BCUT2D eigenvalue weighted by atomic mass is 9.97. The Morgan fingerprint density at radius 2 is 1.81 bits per heavy atom. The fourth-order valence-electron chi connectivity index (χ4n) is 3.85. The number of rotatable bonds is 3. The van der Waals surface area contributed by atoms with Crippen LogP contribution in [0, 0.1) is 0 Å². The van der Waals surface area contributed by atoms with E-state index in [1.807, 2.05) is 36.4 Å². The lowest BCUT2D eigenvalue weighted by Crippen LogP contribution is -3.27. The Morgan fingerprint density at radius 1 is 1.04 bits per heavy atom. The summed E-state index contributed by atoms with van der Waals surface area (Å²) in [6, 6.07) is 11.5. The van der Waals surface area contributed by atoms with Crippen LogP contribution in [0.2, 0.25) is 5.02 Å². The zero-order valence-corrected chi connectivity index (χ0v) is 15.5. The molecule has 0 amide bonds. The molecular weight excluding hydrogens is 348 g/mol. The first-order valence-electron chi connectivity index (χ1n) is 8.98. The number of pyridine rings is 2. The molecule has 1 aromatic carbocycles. The van der Waals surface area contributed by atoms with Crippen LogP contribution in [0.25, 0.3) is 10.9 Å². The number of aromatic nitrogens is 2. The number of benzene rings is 1. The number of nitrogens with one attached hydrogen (secondary N) is 2. The minimum Gasteiger partial charge on any atom is -0.505 e. The standard InChI is InChI=1S/C20H21ClN4O/c1-24-9-11-25(12-10-24)19(17-6-2-3-7-22-17)15-13-16(21)14-5-4-8-23-18(14)20(15)26/h2-8,13,19,26H,9-12H2,1H3/p+2/t19-/m0/s1. The highest BCUT2D eigenvalue weighted by molar-refractivity contribution is 6.35. The summed E-state index contributed by atoms with van der Waals surface area (Å²) < 4.78 is 0. The van der Waals surface area contributed by atoms with Gasteiger partial charge in [0, 0.05) is 17.8 Å². The van der Waals surface area contributed by atoms with E-state index in [0.717, 1.165) is 42.8 Å². The Balaban J connectivity index is 1.87. The molecule has 3 aromatic rings. The number of hydrogen-bond donors (Lipinski definition) is 3. The third-order valence-electron chi connectivity index (χ3n) is 5.29. The van der Waals surface area contributed by atoms with Crippen LogP contribution < -0.4 is 9.80 Å². The van der Waals surface area contributed by atoms with Gasteiger partial charge in [0.15, 0.2) is 11.8 Å². The monoisotopic (exact) mass is 370 g/mol. The quantitative estimate of drug-likeness (QED) is 0.629. The first-order chi connectivity index (χ1) is 12.6. The van der Waals surface area contributed by atoms with E-state index in [1.54, 1.807) is 12.4 Å². The highest BCUT2D eigenvalue weighted by Gasteiger charge is 2.34. The molecule has 2 aromatic heterocycles. The Bertz CT molecular complexity index is 910. The number of quaternary nitrogens is 2. The normalized spacial score (nSPS) is 21.6. The third-order valence-corrected chi connectivity index (χ3v) is 5.61. The second-order valence-corrected chi connectivity index (χ2v) is 7.41. The van der Waals surface area contributed by atoms with Crippen LogP contribution in [0.15, 0.2) is 48.8 Å². The summed E-state index contributed by atoms with van der Waals surface area (Å²) in [5.41, 5.74) is 2.30. The number of nitrogens with zero attached hydrogens (tertiary/aromatic N) is 2. The summed E-state index contributed by atoms with van der Waals surface area (Å²) in [6.45, 7) is 4.23. The van der Waals surface area contributed by atoms with Crippen molar-refractivity contribution in [2.45, 2.75) is 6.04 Å². The number of phenols is 1. The minimum atomic E-state index is -0.0618. The number of halogens is 1. The molecule has 3 N–H and O–H groups in total. The van der Waals surface area contributed by atoms with Crippen molar-refractivity contribution in [3.63, 3.8) is 0 Å². The summed E-state index contributed by atoms with van der Waals surface area (Å²) in [6.07, 6.45) is 3.49. The van der Waals surface area contributed by atoms with Crippen molar-refractivity contribution in [1.82, 2.24) is 9.97 Å². The number of aromatic hydroxyl groups is 1. The van der Waals surface area contributed by atoms with E-state index in [1.165, 1.54) is 9.80 Å². The van der Waals surface area contributed by atoms with Crippen LogP contribution in [0.4, 0.5) is 0 Å². The van der Waals surface area contributed by atoms with Gasteiger partial charge in [-0.1, -0.05) is 17.7 Å². The van der Waals surface area contributed by atoms with E-state index in [9.17, 15) is 5.11 Å². The smallest absolute Gasteiger partial charge is 0.160 e. The number of phenolic OH excluding ortho intramolecular Hbond substituents is 1. The molecular formula is C20H23ClN4O+2. The maximum Gasteiger partial charge on any atom is 0.160 e. The topological polar surface area (TPSA) is 54.9 Å². The zero-order valence-electron chi connectivity index (χ0n) is 14.7. The van der Waals surface area contributed by atoms with E-state index < -0.39 is 0 Å². The van der Waals surface area contributed by atoms with Crippen molar-refractivity contribution in [3.05, 3.63) is 65.1 Å². The zero-order chi connectivity index (χ0) is 18.1. The van der Waals surface area contributed by atoms with Gasteiger partial charge in [0.1, 0.15) is 37.4 Å². The Morgan fingerprint density at radius 3 is 2.54 bits per heavy atom. The van der Waals surface area contributed by atoms with Gasteiger partial charge in [-0.15, -0.1) is 0 Å². The molecule has 6 heteroatoms. The van der Waals surface area contributed by atoms with E-state index in [2.05, 4.69) is 17.0 Å². The summed E-state index contributed by atoms with van der Waals surface area (Å²) in [5.74, 6) is 0.208. The maximum absolute atomic E-state index is 11.0. The van der Waals surface area contributed by atoms with Crippen molar-refractivity contribution in [3.8, 4) is 5.75 Å². The first kappa shape index (κ1) is 17.2. The molecule has 0 unspecified atom stereocenters. The van der Waals surface area contributed by atoms with Gasteiger partial charge >= 0.3 is 0 Å². The van der Waals surface area contributed by atoms with Gasteiger partial charge in [0.2, 0.25) is 0 Å². The van der Waals surface area contributed by atoms with Crippen LogP contribution in [0.3, 0.4) is 0 Å². The number of piperazine rings is 1. The lowest BCUT2D eigenvalue weighted by molar-refractivity contribution is -1.02. The molecule has 1 aliphatic rings. The Kier molecular flexibility index (Phi) is 4.76. The molecule has 1 aliphatic heterocycles. The summed E-state index contributed by atoms with van der Waals surface area (Å²) >= 11 is 6.54. The van der Waals surface area contributed by atoms with Crippen molar-refractivity contribution < 1.29 is 14.9 Å². The van der Waals surface area contributed by atoms with E-state index >= 15 is 0 Å². The Hall–Kier alpha value is -2.21. The summed E-state index contributed by atoms with van der Waals surface area (Å²) in [5, 5.41) is 12.4. The Labute approximate surface area is 157 Å². The molecule has 4 rings (SSSR count). The van der Waals surface area contributed by atoms with Gasteiger partial charge in [-0.2, -0.15) is 0 Å². The summed E-state index contributed by atoms with van der Waals surface area (Å²) in [7, 11) is 2.22. The molecule has 5 nitrogen and oxygen atoms in total. The molecule has 1 saturated heterocycles. The highest BCUT2D eigenvalue weighted by atomic mass is 35.5. The predicted molar refractivity (Wildman–Crippen MR) is 102 cm³/mol. The molecule has 1 atom stereocenters. The van der Waals surface area contributed by atoms with Crippen LogP contribution in [0.5, 0.6) is 5.75 Å². The number of likely N-dealkylation sites (N-methyl/N-ethyl adjacent to an activating group) is 1. The fraction of sp³-hybridized carbons (Fsp3) is 0.300. The predicted octanol–water partition coefficient (Wildman–Crippen LogP) is 0.491. The van der Waals surface area contributed by atoms with Crippen molar-refractivity contribution in [1.29, 1.82) is 0 Å². The second-order valence-electron chi connectivity index (χ2n) is 7.00. The average molecular weight is 371 g/mol. The largest absolute Gasteiger partial charge is 0.505 e. The first-order valence-corrected chi connectivity index (χ1v) is 9.36. The fourth-order valence-corrected chi connectivity index (χ4v) is 4.12. The summed E-state index contributed by atoms with van der Waals surface area (Å²) in [4.78, 5) is 11.9. The van der Waals surface area contributed by atoms with Gasteiger partial charge in [-0.3, -0.25) is 9.97 Å². The molecule has 3 heterocycles. The van der Waals surface area contributed by atoms with Crippen molar-refractivity contribution in [2.24, 2.45) is 0 Å². The maximum atomic E-state index is 11.0. The van der Waals surface area contributed by atoms with Gasteiger partial charge in [0.25, 0.3) is 0 Å². The van der Waals surface area contributed by atoms with E-state index in [4.69, 9.17) is 11.6 Å². The number of fused-ring (bicyclic) bond motifs is 1. The molecule has 0 spiro atoms. The molecule has 0 aliphatic carbocycles. The van der Waals surface area contributed by atoms with E-state index in [0.29, 0.717) is 10.5 Å². The van der Waals surface area contributed by atoms with Crippen molar-refractivity contribution in [2.75, 3.05) is 33.2 Å². The van der Waals surface area contributed by atoms with Crippen LogP contribution in [0.1, 0.15) is 17.3 Å². The van der Waals surface area contributed by atoms with E-state index in [-0.39, 0.29) is 11.8 Å². The molecule has 0 radical (unpaired) electrons. The third kappa shape index (κ3) is 3.14. The minimum absolute atomic E-state index is 0.0618. The molecule has 1 fully saturated rings. The van der Waals surface area contributed by atoms with Gasteiger partial charge < -0.3 is 14.9 Å².